The lowest BCUT2D eigenvalue weighted by molar-refractivity contribution is 0.102. The molecule has 0 saturated carbocycles. The lowest BCUT2D eigenvalue weighted by Gasteiger charge is -1.99. The highest BCUT2D eigenvalue weighted by Crippen LogP contribution is 2.15. The Kier molecular flexibility index (Phi) is 4.29. The Hall–Kier alpha value is -2.47. The van der Waals surface area contributed by atoms with Crippen LogP contribution in [0.4, 0.5) is 6.01 Å². The summed E-state index contributed by atoms with van der Waals surface area (Å²) in [5, 5.41) is 12.3. The van der Waals surface area contributed by atoms with Crippen LogP contribution in [0.1, 0.15) is 33.6 Å². The van der Waals surface area contributed by atoms with Crippen LogP contribution in [0.3, 0.4) is 0 Å². The third-order valence-corrected chi connectivity index (χ3v) is 4.09. The van der Waals surface area contributed by atoms with Crippen molar-refractivity contribution in [2.24, 2.45) is 0 Å². The number of aryl methyl sites for hydroxylation is 1. The van der Waals surface area contributed by atoms with Crippen LogP contribution in [0.2, 0.25) is 0 Å². The Bertz CT molecular complexity index is 748. The van der Waals surface area contributed by atoms with Gasteiger partial charge in [-0.25, -0.2) is 0 Å². The third-order valence-electron chi connectivity index (χ3n) is 3.22. The van der Waals surface area contributed by atoms with Gasteiger partial charge in [0.2, 0.25) is 5.89 Å². The quantitative estimate of drug-likeness (QED) is 0.782. The molecule has 0 unspecified atom stereocenters. The molecule has 2 aromatic heterocycles. The fourth-order valence-corrected chi connectivity index (χ4v) is 2.63. The smallest absolute Gasteiger partial charge is 0.322 e. The van der Waals surface area contributed by atoms with Crippen molar-refractivity contribution in [2.75, 3.05) is 5.32 Å². The summed E-state index contributed by atoms with van der Waals surface area (Å²) in [7, 11) is 0. The average Bonchev–Trinajstić information content (AvgIpc) is 3.20. The number of rotatable bonds is 5. The summed E-state index contributed by atoms with van der Waals surface area (Å²) in [6.45, 7) is 2.12. The zero-order valence-electron chi connectivity index (χ0n) is 12.1. The van der Waals surface area contributed by atoms with E-state index in [2.05, 4.69) is 34.6 Å². The first-order chi connectivity index (χ1) is 10.7. The first-order valence-electron chi connectivity index (χ1n) is 6.99. The van der Waals surface area contributed by atoms with E-state index < -0.39 is 0 Å². The van der Waals surface area contributed by atoms with Crippen LogP contribution < -0.4 is 5.32 Å². The first-order valence-corrected chi connectivity index (χ1v) is 7.87. The lowest BCUT2D eigenvalue weighted by Crippen LogP contribution is -2.10. The van der Waals surface area contributed by atoms with Gasteiger partial charge in [0.25, 0.3) is 5.91 Å². The van der Waals surface area contributed by atoms with Crippen molar-refractivity contribution < 1.29 is 9.21 Å². The second-order valence-corrected chi connectivity index (χ2v) is 5.73. The molecule has 0 spiro atoms. The SMILES string of the molecule is CCc1ccc(Cc2nnc(NC(=O)c3cccs3)o2)cc1. The number of nitrogens with one attached hydrogen (secondary N) is 1. The molecule has 0 radical (unpaired) electrons. The number of hydrogen-bond donors (Lipinski definition) is 1. The highest BCUT2D eigenvalue weighted by atomic mass is 32.1. The zero-order chi connectivity index (χ0) is 15.4. The molecule has 6 heteroatoms. The van der Waals surface area contributed by atoms with Gasteiger partial charge in [-0.05, 0) is 29.0 Å². The number of nitrogens with zero attached hydrogens (tertiary/aromatic N) is 2. The summed E-state index contributed by atoms with van der Waals surface area (Å²) in [4.78, 5) is 12.5. The minimum Gasteiger partial charge on any atom is -0.407 e. The second kappa shape index (κ2) is 6.53. The molecule has 0 aliphatic rings. The Balaban J connectivity index is 1.64. The van der Waals surface area contributed by atoms with Crippen LogP contribution in [-0.2, 0) is 12.8 Å². The van der Waals surface area contributed by atoms with Gasteiger partial charge in [-0.15, -0.1) is 16.4 Å². The third kappa shape index (κ3) is 3.40. The van der Waals surface area contributed by atoms with Crippen LogP contribution in [0.5, 0.6) is 0 Å². The maximum Gasteiger partial charge on any atom is 0.322 e. The molecule has 3 rings (SSSR count). The summed E-state index contributed by atoms with van der Waals surface area (Å²) in [6.07, 6.45) is 1.56. The maximum atomic E-state index is 11.9. The van der Waals surface area contributed by atoms with Crippen LogP contribution in [0.15, 0.2) is 46.2 Å². The van der Waals surface area contributed by atoms with Gasteiger partial charge in [0.05, 0.1) is 11.3 Å². The van der Waals surface area contributed by atoms with Crippen molar-refractivity contribution in [1.29, 1.82) is 0 Å². The van der Waals surface area contributed by atoms with E-state index in [0.717, 1.165) is 12.0 Å². The van der Waals surface area contributed by atoms with Crippen molar-refractivity contribution >= 4 is 23.3 Å². The fraction of sp³-hybridized carbons (Fsp3) is 0.188. The molecule has 0 aliphatic carbocycles. The molecular formula is C16H15N3O2S. The molecular weight excluding hydrogens is 298 g/mol. The molecule has 0 saturated heterocycles. The lowest BCUT2D eigenvalue weighted by atomic mass is 10.1. The summed E-state index contributed by atoms with van der Waals surface area (Å²) in [5.41, 5.74) is 2.38. The van der Waals surface area contributed by atoms with Crippen molar-refractivity contribution in [3.8, 4) is 0 Å². The van der Waals surface area contributed by atoms with Gasteiger partial charge in [0.1, 0.15) is 0 Å². The van der Waals surface area contributed by atoms with E-state index in [1.54, 1.807) is 6.07 Å². The van der Waals surface area contributed by atoms with Gasteiger partial charge in [-0.2, -0.15) is 0 Å². The number of benzene rings is 1. The monoisotopic (exact) mass is 313 g/mol. The van der Waals surface area contributed by atoms with Crippen LogP contribution in [0.25, 0.3) is 0 Å². The van der Waals surface area contributed by atoms with E-state index in [1.165, 1.54) is 16.9 Å². The molecule has 1 aromatic carbocycles. The number of hydrogen-bond acceptors (Lipinski definition) is 5. The van der Waals surface area contributed by atoms with E-state index in [-0.39, 0.29) is 11.9 Å². The standard InChI is InChI=1S/C16H15N3O2S/c1-2-11-5-7-12(8-6-11)10-14-18-19-16(21-14)17-15(20)13-4-3-9-22-13/h3-9H,2,10H2,1H3,(H,17,19,20). The highest BCUT2D eigenvalue weighted by molar-refractivity contribution is 7.12. The molecule has 0 bridgehead atoms. The van der Waals surface area contributed by atoms with Gasteiger partial charge in [-0.3, -0.25) is 10.1 Å². The molecule has 22 heavy (non-hydrogen) atoms. The first kappa shape index (κ1) is 14.5. The van der Waals surface area contributed by atoms with Crippen molar-refractivity contribution in [3.63, 3.8) is 0 Å². The second-order valence-electron chi connectivity index (χ2n) is 4.78. The summed E-state index contributed by atoms with van der Waals surface area (Å²) < 4.78 is 5.46. The molecule has 0 aliphatic heterocycles. The number of aromatic nitrogens is 2. The molecule has 1 amide bonds. The Labute approximate surface area is 132 Å². The number of carbonyl (C=O) groups is 1. The number of carbonyl (C=O) groups excluding carboxylic acids is 1. The van der Waals surface area contributed by atoms with Crippen molar-refractivity contribution in [3.05, 3.63) is 63.7 Å². The van der Waals surface area contributed by atoms with Gasteiger partial charge >= 0.3 is 6.01 Å². The summed E-state index contributed by atoms with van der Waals surface area (Å²) in [5.74, 6) is 0.239. The Morgan fingerprint density at radius 1 is 1.18 bits per heavy atom. The highest BCUT2D eigenvalue weighted by Gasteiger charge is 2.12. The van der Waals surface area contributed by atoms with Gasteiger partial charge < -0.3 is 4.42 Å². The molecule has 0 atom stereocenters. The summed E-state index contributed by atoms with van der Waals surface area (Å²) in [6, 6.07) is 12.0. The largest absolute Gasteiger partial charge is 0.407 e. The van der Waals surface area contributed by atoms with E-state index >= 15 is 0 Å². The normalized spacial score (nSPS) is 10.6. The van der Waals surface area contributed by atoms with Gasteiger partial charge in [-0.1, -0.05) is 42.4 Å². The van der Waals surface area contributed by atoms with Crippen molar-refractivity contribution in [1.82, 2.24) is 10.2 Å². The predicted molar refractivity (Wildman–Crippen MR) is 85.2 cm³/mol. The molecule has 112 valence electrons. The predicted octanol–water partition coefficient (Wildman–Crippen LogP) is 3.54. The van der Waals surface area contributed by atoms with E-state index in [9.17, 15) is 4.79 Å². The van der Waals surface area contributed by atoms with Crippen LogP contribution in [0, 0.1) is 0 Å². The molecule has 5 nitrogen and oxygen atoms in total. The summed E-state index contributed by atoms with van der Waals surface area (Å²) >= 11 is 1.36. The zero-order valence-corrected chi connectivity index (χ0v) is 12.9. The maximum absolute atomic E-state index is 11.9. The molecule has 0 fully saturated rings. The molecule has 3 aromatic rings. The van der Waals surface area contributed by atoms with E-state index in [0.29, 0.717) is 17.2 Å². The minimum atomic E-state index is -0.238. The van der Waals surface area contributed by atoms with E-state index in [1.807, 2.05) is 23.6 Å². The average molecular weight is 313 g/mol. The molecule has 2 heterocycles. The van der Waals surface area contributed by atoms with Crippen LogP contribution in [-0.4, -0.2) is 16.1 Å². The van der Waals surface area contributed by atoms with Crippen LogP contribution >= 0.6 is 11.3 Å². The Morgan fingerprint density at radius 3 is 2.64 bits per heavy atom. The number of anilines is 1. The van der Waals surface area contributed by atoms with Crippen molar-refractivity contribution in [2.45, 2.75) is 19.8 Å². The van der Waals surface area contributed by atoms with E-state index in [4.69, 9.17) is 4.42 Å². The Morgan fingerprint density at radius 2 is 1.95 bits per heavy atom. The number of amides is 1. The molecule has 1 N–H and O–H groups in total. The minimum absolute atomic E-state index is 0.124. The topological polar surface area (TPSA) is 68.0 Å². The van der Waals surface area contributed by atoms with Gasteiger partial charge in [0, 0.05) is 0 Å². The fourth-order valence-electron chi connectivity index (χ4n) is 2.01. The number of thiophene rings is 1. The van der Waals surface area contributed by atoms with Gasteiger partial charge in [0.15, 0.2) is 0 Å².